The second kappa shape index (κ2) is 5.99. The Morgan fingerprint density at radius 2 is 1.55 bits per heavy atom. The number of imidazole rings is 1. The summed E-state index contributed by atoms with van der Waals surface area (Å²) in [7, 11) is 0. The van der Waals surface area contributed by atoms with Gasteiger partial charge in [-0.25, -0.2) is 9.78 Å². The standard InChI is InChI=1S/C11H16N4O5/c16-4-1-13-7-12-9-8(13)10(19)15(3-6-18)11(20)14(9)2-5-17/h7,16-18H,1-6H2. The van der Waals surface area contributed by atoms with Gasteiger partial charge in [-0.2, -0.15) is 0 Å². The predicted octanol–water partition coefficient (Wildman–Crippen LogP) is -2.66. The Kier molecular flexibility index (Phi) is 4.32. The monoisotopic (exact) mass is 284 g/mol. The molecule has 0 aromatic carbocycles. The number of nitrogens with zero attached hydrogens (tertiary/aromatic N) is 4. The van der Waals surface area contributed by atoms with Crippen molar-refractivity contribution in [2.24, 2.45) is 0 Å². The molecule has 0 aliphatic carbocycles. The summed E-state index contributed by atoms with van der Waals surface area (Å²) in [6.45, 7) is -0.778. The molecule has 0 saturated heterocycles. The Morgan fingerprint density at radius 3 is 2.15 bits per heavy atom. The molecule has 2 rings (SSSR count). The van der Waals surface area contributed by atoms with Gasteiger partial charge in [0.05, 0.1) is 39.2 Å². The zero-order chi connectivity index (χ0) is 14.7. The number of aliphatic hydroxyl groups excluding tert-OH is 3. The molecule has 0 fully saturated rings. The van der Waals surface area contributed by atoms with Gasteiger partial charge >= 0.3 is 5.69 Å². The van der Waals surface area contributed by atoms with E-state index in [0.717, 1.165) is 4.57 Å². The van der Waals surface area contributed by atoms with Crippen LogP contribution in [0.3, 0.4) is 0 Å². The Hall–Kier alpha value is -1.97. The molecule has 2 aromatic rings. The van der Waals surface area contributed by atoms with Crippen LogP contribution >= 0.6 is 0 Å². The number of aromatic nitrogens is 4. The van der Waals surface area contributed by atoms with E-state index in [2.05, 4.69) is 4.98 Å². The molecule has 9 heteroatoms. The van der Waals surface area contributed by atoms with Crippen LogP contribution in [-0.4, -0.2) is 53.8 Å². The first kappa shape index (κ1) is 14.4. The first-order valence-electron chi connectivity index (χ1n) is 6.16. The minimum Gasteiger partial charge on any atom is -0.395 e. The van der Waals surface area contributed by atoms with Crippen LogP contribution in [0.15, 0.2) is 15.9 Å². The van der Waals surface area contributed by atoms with Gasteiger partial charge in [0.1, 0.15) is 0 Å². The largest absolute Gasteiger partial charge is 0.395 e. The van der Waals surface area contributed by atoms with Crippen LogP contribution in [-0.2, 0) is 19.6 Å². The van der Waals surface area contributed by atoms with Gasteiger partial charge in [-0.15, -0.1) is 0 Å². The number of hydrogen-bond acceptors (Lipinski definition) is 6. The van der Waals surface area contributed by atoms with Crippen LogP contribution < -0.4 is 11.2 Å². The number of aliphatic hydroxyl groups is 3. The van der Waals surface area contributed by atoms with Crippen molar-refractivity contribution in [1.82, 2.24) is 18.7 Å². The fourth-order valence-electron chi connectivity index (χ4n) is 2.11. The molecule has 0 aliphatic rings. The van der Waals surface area contributed by atoms with E-state index in [9.17, 15) is 9.59 Å². The summed E-state index contributed by atoms with van der Waals surface area (Å²) >= 11 is 0. The Bertz CT molecular complexity index is 714. The minimum atomic E-state index is -0.625. The van der Waals surface area contributed by atoms with Crippen molar-refractivity contribution >= 4 is 11.2 Å². The van der Waals surface area contributed by atoms with Gasteiger partial charge in [-0.05, 0) is 0 Å². The molecular weight excluding hydrogens is 268 g/mol. The molecule has 0 saturated carbocycles. The third-order valence-electron chi connectivity index (χ3n) is 2.97. The van der Waals surface area contributed by atoms with Crippen LogP contribution in [0.25, 0.3) is 11.2 Å². The van der Waals surface area contributed by atoms with Crippen molar-refractivity contribution in [3.05, 3.63) is 27.2 Å². The second-order valence-corrected chi connectivity index (χ2v) is 4.17. The molecule has 0 spiro atoms. The summed E-state index contributed by atoms with van der Waals surface area (Å²) in [6.07, 6.45) is 1.36. The molecular formula is C11H16N4O5. The van der Waals surface area contributed by atoms with E-state index in [1.54, 1.807) is 0 Å². The topological polar surface area (TPSA) is 123 Å². The molecule has 20 heavy (non-hydrogen) atoms. The van der Waals surface area contributed by atoms with Gasteiger partial charge in [0.25, 0.3) is 5.56 Å². The SMILES string of the molecule is O=c1c2c(ncn2CCO)n(CCO)c(=O)n1CCO. The average Bonchev–Trinajstić information content (AvgIpc) is 2.84. The van der Waals surface area contributed by atoms with Crippen molar-refractivity contribution in [1.29, 1.82) is 0 Å². The van der Waals surface area contributed by atoms with Crippen LogP contribution in [0, 0.1) is 0 Å². The first-order chi connectivity index (χ1) is 9.65. The molecule has 0 radical (unpaired) electrons. The highest BCUT2D eigenvalue weighted by atomic mass is 16.3. The number of fused-ring (bicyclic) bond motifs is 1. The lowest BCUT2D eigenvalue weighted by Crippen LogP contribution is -2.41. The molecule has 0 aliphatic heterocycles. The Labute approximate surface area is 113 Å². The van der Waals surface area contributed by atoms with Gasteiger partial charge < -0.3 is 19.9 Å². The summed E-state index contributed by atoms with van der Waals surface area (Å²) in [5, 5.41) is 27.0. The summed E-state index contributed by atoms with van der Waals surface area (Å²) < 4.78 is 3.52. The lowest BCUT2D eigenvalue weighted by atomic mass is 10.4. The number of hydrogen-bond donors (Lipinski definition) is 3. The molecule has 9 nitrogen and oxygen atoms in total. The highest BCUT2D eigenvalue weighted by Crippen LogP contribution is 2.06. The molecule has 0 atom stereocenters. The summed E-state index contributed by atoms with van der Waals surface area (Å²) in [5.41, 5.74) is -0.865. The van der Waals surface area contributed by atoms with E-state index in [-0.39, 0.29) is 50.6 Å². The van der Waals surface area contributed by atoms with Crippen molar-refractivity contribution in [3.8, 4) is 0 Å². The third kappa shape index (κ3) is 2.26. The maximum Gasteiger partial charge on any atom is 0.332 e. The predicted molar refractivity (Wildman–Crippen MR) is 69.5 cm³/mol. The summed E-state index contributed by atoms with van der Waals surface area (Å²) in [6, 6.07) is 0. The smallest absolute Gasteiger partial charge is 0.332 e. The van der Waals surface area contributed by atoms with E-state index in [0.29, 0.717) is 0 Å². The second-order valence-electron chi connectivity index (χ2n) is 4.17. The van der Waals surface area contributed by atoms with E-state index in [1.807, 2.05) is 0 Å². The zero-order valence-electron chi connectivity index (χ0n) is 10.8. The van der Waals surface area contributed by atoms with Crippen molar-refractivity contribution < 1.29 is 15.3 Å². The minimum absolute atomic E-state index is 0.00280. The molecule has 0 unspecified atom stereocenters. The van der Waals surface area contributed by atoms with Gasteiger partial charge in [0.15, 0.2) is 11.2 Å². The number of rotatable bonds is 6. The highest BCUT2D eigenvalue weighted by molar-refractivity contribution is 5.70. The lowest BCUT2D eigenvalue weighted by molar-refractivity contribution is 0.261. The quantitative estimate of drug-likeness (QED) is 0.532. The molecule has 0 amide bonds. The summed E-state index contributed by atoms with van der Waals surface area (Å²) in [5.74, 6) is 0. The Morgan fingerprint density at radius 1 is 0.950 bits per heavy atom. The lowest BCUT2D eigenvalue weighted by Gasteiger charge is -2.10. The van der Waals surface area contributed by atoms with Crippen LogP contribution in [0.4, 0.5) is 0 Å². The van der Waals surface area contributed by atoms with Crippen molar-refractivity contribution in [2.75, 3.05) is 19.8 Å². The maximum absolute atomic E-state index is 12.3. The van der Waals surface area contributed by atoms with Gasteiger partial charge in [0.2, 0.25) is 0 Å². The van der Waals surface area contributed by atoms with Gasteiger partial charge in [0, 0.05) is 6.54 Å². The maximum atomic E-state index is 12.3. The zero-order valence-corrected chi connectivity index (χ0v) is 10.8. The van der Waals surface area contributed by atoms with Gasteiger partial charge in [-0.1, -0.05) is 0 Å². The van der Waals surface area contributed by atoms with Crippen molar-refractivity contribution in [3.63, 3.8) is 0 Å². The van der Waals surface area contributed by atoms with Crippen molar-refractivity contribution in [2.45, 2.75) is 19.6 Å². The van der Waals surface area contributed by atoms with E-state index in [4.69, 9.17) is 15.3 Å². The van der Waals surface area contributed by atoms with Gasteiger partial charge in [-0.3, -0.25) is 13.9 Å². The first-order valence-corrected chi connectivity index (χ1v) is 6.16. The van der Waals surface area contributed by atoms with E-state index >= 15 is 0 Å². The van der Waals surface area contributed by atoms with Crippen LogP contribution in [0.2, 0.25) is 0 Å². The Balaban J connectivity index is 2.82. The molecule has 110 valence electrons. The molecule has 0 bridgehead atoms. The molecule has 2 aromatic heterocycles. The highest BCUT2D eigenvalue weighted by Gasteiger charge is 2.17. The summed E-state index contributed by atoms with van der Waals surface area (Å²) in [4.78, 5) is 28.4. The fourth-order valence-corrected chi connectivity index (χ4v) is 2.11. The normalized spacial score (nSPS) is 11.3. The third-order valence-corrected chi connectivity index (χ3v) is 2.97. The van der Waals surface area contributed by atoms with E-state index < -0.39 is 11.2 Å². The van der Waals surface area contributed by atoms with Crippen LogP contribution in [0.5, 0.6) is 0 Å². The van der Waals surface area contributed by atoms with E-state index in [1.165, 1.54) is 15.5 Å². The average molecular weight is 284 g/mol. The molecule has 2 heterocycles. The van der Waals surface area contributed by atoms with Crippen LogP contribution in [0.1, 0.15) is 0 Å². The molecule has 3 N–H and O–H groups in total. The fraction of sp³-hybridized carbons (Fsp3) is 0.545.